The van der Waals surface area contributed by atoms with Gasteiger partial charge in [-0.25, -0.2) is 14.8 Å². The van der Waals surface area contributed by atoms with Crippen LogP contribution in [0.1, 0.15) is 114 Å². The number of para-hydroxylation sites is 1. The van der Waals surface area contributed by atoms with Crippen molar-refractivity contribution in [3.05, 3.63) is 81.9 Å². The molecule has 0 radical (unpaired) electrons. The summed E-state index contributed by atoms with van der Waals surface area (Å²) >= 11 is 0. The number of benzene rings is 2. The van der Waals surface area contributed by atoms with Crippen molar-refractivity contribution in [2.24, 2.45) is 5.73 Å². The molecular formula is C43H56N12O5. The van der Waals surface area contributed by atoms with Crippen molar-refractivity contribution >= 4 is 58.2 Å². The van der Waals surface area contributed by atoms with Crippen LogP contribution in [0.15, 0.2) is 42.5 Å². The van der Waals surface area contributed by atoms with E-state index in [0.717, 1.165) is 77.5 Å². The molecule has 17 heteroatoms. The highest BCUT2D eigenvalue weighted by Crippen LogP contribution is 2.27. The number of primary amides is 1. The predicted octanol–water partition coefficient (Wildman–Crippen LogP) is 6.54. The van der Waals surface area contributed by atoms with Crippen molar-refractivity contribution in [1.82, 2.24) is 44.0 Å². The molecule has 4 aromatic heterocycles. The van der Waals surface area contributed by atoms with Crippen LogP contribution < -0.4 is 21.7 Å². The lowest BCUT2D eigenvalue weighted by molar-refractivity contribution is 0.0523. The first-order chi connectivity index (χ1) is 28.7. The molecule has 60 heavy (non-hydrogen) atoms. The fraction of sp³-hybridized carbons (Fsp3) is 0.442. The number of hydrogen-bond donors (Lipinski definition) is 4. The molecule has 0 aliphatic rings. The van der Waals surface area contributed by atoms with Gasteiger partial charge in [0.2, 0.25) is 17.8 Å². The summed E-state index contributed by atoms with van der Waals surface area (Å²) in [7, 11) is 1.83. The number of nitrogens with zero attached hydrogens (tertiary/aromatic N) is 8. The molecule has 0 saturated heterocycles. The van der Waals surface area contributed by atoms with Gasteiger partial charge in [-0.1, -0.05) is 18.6 Å². The third kappa shape index (κ3) is 9.84. The molecule has 2 aromatic carbocycles. The summed E-state index contributed by atoms with van der Waals surface area (Å²) in [5.74, 6) is 0.177. The number of hydrogen-bond acceptors (Lipinski definition) is 10. The number of aryl methyl sites for hydroxylation is 6. The lowest BCUT2D eigenvalue weighted by atomic mass is 10.0. The van der Waals surface area contributed by atoms with Crippen LogP contribution in [-0.2, 0) is 43.9 Å². The van der Waals surface area contributed by atoms with Gasteiger partial charge in [0.15, 0.2) is 6.29 Å². The van der Waals surface area contributed by atoms with Gasteiger partial charge in [0.1, 0.15) is 17.0 Å². The average Bonchev–Trinajstić information content (AvgIpc) is 3.95. The Morgan fingerprint density at radius 2 is 1.60 bits per heavy atom. The zero-order valence-corrected chi connectivity index (χ0v) is 35.6. The molecule has 0 fully saturated rings. The molecule has 0 aliphatic carbocycles. The second kappa shape index (κ2) is 18.6. The van der Waals surface area contributed by atoms with Crippen molar-refractivity contribution in [1.29, 1.82) is 0 Å². The Hall–Kier alpha value is -6.52. The van der Waals surface area contributed by atoms with Crippen molar-refractivity contribution < 1.29 is 23.9 Å². The maximum absolute atomic E-state index is 14.2. The molecule has 0 aliphatic heterocycles. The number of unbranched alkanes of at least 4 members (excludes halogenated alkanes) is 3. The number of amides is 3. The third-order valence-corrected chi connectivity index (χ3v) is 10.3. The van der Waals surface area contributed by atoms with E-state index >= 15 is 0 Å². The minimum absolute atomic E-state index is 0.267. The number of nitrogens with two attached hydrogens (primary N) is 1. The normalized spacial score (nSPS) is 11.7. The largest absolute Gasteiger partial charge is 0.444 e. The number of alkyl carbamates (subject to hydrolysis) is 1. The minimum Gasteiger partial charge on any atom is -0.444 e. The Kier molecular flexibility index (Phi) is 13.3. The second-order valence-electron chi connectivity index (χ2n) is 15.9. The van der Waals surface area contributed by atoms with E-state index in [2.05, 4.69) is 25.6 Å². The van der Waals surface area contributed by atoms with E-state index in [0.29, 0.717) is 67.0 Å². The SMILES string of the molecule is CCn1nc(C)c(CCCCCn2nc(C)cc2C=O)c1C(=O)Nc1nc2cc(C(N)=O)ccc2n1CCCCn1c(NC)nc2c(CNC(=O)OC(C)(C)C)cccc21. The lowest BCUT2D eigenvalue weighted by Crippen LogP contribution is -2.32. The van der Waals surface area contributed by atoms with Crippen LogP contribution in [0.4, 0.5) is 16.7 Å². The molecule has 3 amide bonds. The van der Waals surface area contributed by atoms with E-state index < -0.39 is 17.6 Å². The highest BCUT2D eigenvalue weighted by molar-refractivity contribution is 6.04. The number of carbonyl (C=O) groups is 4. The van der Waals surface area contributed by atoms with Gasteiger partial charge in [0.25, 0.3) is 5.91 Å². The van der Waals surface area contributed by atoms with Gasteiger partial charge in [0, 0.05) is 50.9 Å². The highest BCUT2D eigenvalue weighted by Gasteiger charge is 2.24. The Morgan fingerprint density at radius 3 is 2.28 bits per heavy atom. The summed E-state index contributed by atoms with van der Waals surface area (Å²) in [6.07, 6.45) is 5.01. The topological polar surface area (TPSA) is 211 Å². The minimum atomic E-state index is -0.604. The molecule has 4 heterocycles. The van der Waals surface area contributed by atoms with E-state index in [1.54, 1.807) is 27.6 Å². The number of aromatic nitrogens is 8. The molecule has 5 N–H and O–H groups in total. The number of aldehydes is 1. The number of fused-ring (bicyclic) bond motifs is 2. The van der Waals surface area contributed by atoms with Gasteiger partial charge in [-0.2, -0.15) is 10.2 Å². The van der Waals surface area contributed by atoms with Crippen LogP contribution >= 0.6 is 0 Å². The summed E-state index contributed by atoms with van der Waals surface area (Å²) in [6.45, 7) is 13.8. The molecule has 0 spiro atoms. The van der Waals surface area contributed by atoms with Gasteiger partial charge in [-0.3, -0.25) is 29.1 Å². The zero-order valence-electron chi connectivity index (χ0n) is 35.6. The standard InChI is InChI=1S/C43H56N12O5/c1-8-54-37(32(28(3)51-54)16-10-9-11-22-55-31(26-56)23-27(2)50-55)39(58)49-41-47-33-24-29(38(44)57)18-19-34(33)52(41)20-12-13-21-53-35-17-14-15-30(36(35)48-40(53)45-7)25-46-42(59)60-43(4,5)6/h14-15,17-19,23-24,26H,8-13,16,20-22,25H2,1-7H3,(H2,44,57)(H,45,48)(H,46,59)(H,47,49,58). The van der Waals surface area contributed by atoms with Gasteiger partial charge in [-0.05, 0) is 110 Å². The quantitative estimate of drug-likeness (QED) is 0.0512. The van der Waals surface area contributed by atoms with Crippen LogP contribution in [0.5, 0.6) is 0 Å². The number of imidazole rings is 2. The van der Waals surface area contributed by atoms with E-state index in [-0.39, 0.29) is 12.5 Å². The summed E-state index contributed by atoms with van der Waals surface area (Å²) < 4.78 is 13.0. The van der Waals surface area contributed by atoms with Crippen molar-refractivity contribution in [2.45, 2.75) is 118 Å². The van der Waals surface area contributed by atoms with Gasteiger partial charge >= 0.3 is 6.09 Å². The first-order valence-corrected chi connectivity index (χ1v) is 20.5. The first-order valence-electron chi connectivity index (χ1n) is 20.5. The van der Waals surface area contributed by atoms with Crippen molar-refractivity contribution in [3.63, 3.8) is 0 Å². The van der Waals surface area contributed by atoms with E-state index in [9.17, 15) is 19.2 Å². The summed E-state index contributed by atoms with van der Waals surface area (Å²) in [6, 6.07) is 12.8. The van der Waals surface area contributed by atoms with Crippen molar-refractivity contribution in [2.75, 3.05) is 17.7 Å². The molecule has 318 valence electrons. The van der Waals surface area contributed by atoms with Crippen LogP contribution in [0.25, 0.3) is 22.1 Å². The Labute approximate surface area is 349 Å². The van der Waals surface area contributed by atoms with Gasteiger partial charge in [0.05, 0.1) is 33.5 Å². The Balaban J connectivity index is 1.17. The average molecular weight is 821 g/mol. The first kappa shape index (κ1) is 43.1. The third-order valence-electron chi connectivity index (χ3n) is 10.3. The lowest BCUT2D eigenvalue weighted by Gasteiger charge is -2.19. The number of ether oxygens (including phenoxy) is 1. The smallest absolute Gasteiger partial charge is 0.407 e. The number of nitrogens with one attached hydrogen (secondary N) is 3. The highest BCUT2D eigenvalue weighted by atomic mass is 16.6. The van der Waals surface area contributed by atoms with Crippen LogP contribution in [0.3, 0.4) is 0 Å². The maximum atomic E-state index is 14.2. The van der Waals surface area contributed by atoms with E-state index in [1.807, 2.05) is 77.4 Å². The number of carbonyl (C=O) groups excluding carboxylic acids is 4. The predicted molar refractivity (Wildman–Crippen MR) is 230 cm³/mol. The summed E-state index contributed by atoms with van der Waals surface area (Å²) in [4.78, 5) is 59.8. The van der Waals surface area contributed by atoms with Crippen LogP contribution in [-0.4, -0.2) is 75.5 Å². The zero-order chi connectivity index (χ0) is 43.1. The molecule has 17 nitrogen and oxygen atoms in total. The summed E-state index contributed by atoms with van der Waals surface area (Å²) in [5.41, 5.74) is 12.8. The van der Waals surface area contributed by atoms with Gasteiger partial charge < -0.3 is 30.2 Å². The molecule has 0 bridgehead atoms. The molecule has 0 atom stereocenters. The Bertz CT molecular complexity index is 2520. The Morgan fingerprint density at radius 1 is 0.867 bits per heavy atom. The molecule has 6 rings (SSSR count). The number of anilines is 2. The second-order valence-corrected chi connectivity index (χ2v) is 15.9. The van der Waals surface area contributed by atoms with Gasteiger partial charge in [-0.15, -0.1) is 0 Å². The molecule has 6 aromatic rings. The van der Waals surface area contributed by atoms with Crippen LogP contribution in [0.2, 0.25) is 0 Å². The maximum Gasteiger partial charge on any atom is 0.407 e. The monoisotopic (exact) mass is 820 g/mol. The molecule has 0 unspecified atom stereocenters. The summed E-state index contributed by atoms with van der Waals surface area (Å²) in [5, 5.41) is 18.3. The fourth-order valence-corrected chi connectivity index (χ4v) is 7.53. The van der Waals surface area contributed by atoms with Crippen LogP contribution in [0, 0.1) is 13.8 Å². The van der Waals surface area contributed by atoms with E-state index in [1.165, 1.54) is 0 Å². The van der Waals surface area contributed by atoms with Crippen molar-refractivity contribution in [3.8, 4) is 0 Å². The fourth-order valence-electron chi connectivity index (χ4n) is 7.53. The number of rotatable bonds is 19. The molecular weight excluding hydrogens is 765 g/mol. The van der Waals surface area contributed by atoms with E-state index in [4.69, 9.17) is 25.5 Å². The molecule has 0 saturated carbocycles.